The molecule has 0 spiro atoms. The van der Waals surface area contributed by atoms with Gasteiger partial charge in [0.25, 0.3) is 0 Å². The summed E-state index contributed by atoms with van der Waals surface area (Å²) in [5.74, 6) is -0.329. The van der Waals surface area contributed by atoms with Gasteiger partial charge >= 0.3 is 12.7 Å². The summed E-state index contributed by atoms with van der Waals surface area (Å²) in [6, 6.07) is 3.20. The summed E-state index contributed by atoms with van der Waals surface area (Å²) in [6.07, 6.45) is 5.14. The van der Waals surface area contributed by atoms with Crippen LogP contribution in [0.15, 0.2) is 18.2 Å². The Hall–Kier alpha value is -2.99. The molecule has 1 amide bonds. The van der Waals surface area contributed by atoms with Crippen LogP contribution in [0.2, 0.25) is 0 Å². The molecule has 1 N–H and O–H groups in total. The Balaban J connectivity index is 3.01. The number of nitriles is 1. The van der Waals surface area contributed by atoms with Crippen LogP contribution < -0.4 is 10.6 Å². The minimum atomic E-state index is -2.90. The van der Waals surface area contributed by atoms with E-state index in [9.17, 15) is 18.4 Å². The van der Waals surface area contributed by atoms with Crippen molar-refractivity contribution < 1.29 is 27.8 Å². The summed E-state index contributed by atoms with van der Waals surface area (Å²) in [5, 5.41) is 10.0. The highest BCUT2D eigenvalue weighted by Gasteiger charge is 2.20. The standard InChI is InChI=1S/C24H33F2N3O4/c1-7-17(10-12-29(6)23(31)33-24(3,4)5)8-9-19-18(11-13-32-22(25)26)14-20(28-19)21(30)16(2)15-27/h9,11,14,17,22,28H,2,7-8,10,12-13H2,1,3-6H3/b18-11-,19-9+. The van der Waals surface area contributed by atoms with E-state index in [1.54, 1.807) is 13.1 Å². The Labute approximate surface area is 193 Å². The molecule has 0 aliphatic rings. The number of carbonyl (C=O) groups excluding carboxylic acids is 2. The predicted molar refractivity (Wildman–Crippen MR) is 122 cm³/mol. The Morgan fingerprint density at radius 3 is 2.55 bits per heavy atom. The summed E-state index contributed by atoms with van der Waals surface area (Å²) in [7, 11) is 1.69. The number of rotatable bonds is 11. The molecule has 1 heterocycles. The molecule has 182 valence electrons. The van der Waals surface area contributed by atoms with E-state index >= 15 is 0 Å². The van der Waals surface area contributed by atoms with Crippen molar-refractivity contribution in [3.8, 4) is 6.07 Å². The van der Waals surface area contributed by atoms with Crippen LogP contribution in [0.5, 0.6) is 0 Å². The number of nitrogens with zero attached hydrogens (tertiary/aromatic N) is 2. The highest BCUT2D eigenvalue weighted by molar-refractivity contribution is 6.09. The van der Waals surface area contributed by atoms with Crippen LogP contribution >= 0.6 is 0 Å². The normalized spacial score (nSPS) is 13.7. The molecular formula is C24H33F2N3O4. The smallest absolute Gasteiger partial charge is 0.410 e. The number of hydrogen-bond acceptors (Lipinski definition) is 5. The van der Waals surface area contributed by atoms with Gasteiger partial charge in [0, 0.05) is 18.9 Å². The van der Waals surface area contributed by atoms with E-state index < -0.39 is 18.0 Å². The first-order valence-corrected chi connectivity index (χ1v) is 10.7. The molecule has 0 aliphatic carbocycles. The van der Waals surface area contributed by atoms with Crippen LogP contribution in [0.4, 0.5) is 13.6 Å². The number of H-pyrrole nitrogens is 1. The Morgan fingerprint density at radius 2 is 2.00 bits per heavy atom. The quantitative estimate of drug-likeness (QED) is 0.305. The van der Waals surface area contributed by atoms with Gasteiger partial charge in [-0.15, -0.1) is 0 Å². The van der Waals surface area contributed by atoms with Crippen molar-refractivity contribution in [3.63, 3.8) is 0 Å². The second-order valence-corrected chi connectivity index (χ2v) is 8.67. The zero-order chi connectivity index (χ0) is 25.2. The largest absolute Gasteiger partial charge is 0.444 e. The zero-order valence-electron chi connectivity index (χ0n) is 19.9. The van der Waals surface area contributed by atoms with Crippen LogP contribution in [-0.4, -0.2) is 54.2 Å². The van der Waals surface area contributed by atoms with E-state index in [0.29, 0.717) is 23.5 Å². The highest BCUT2D eigenvalue weighted by atomic mass is 19.3. The molecule has 0 bridgehead atoms. The highest BCUT2D eigenvalue weighted by Crippen LogP contribution is 2.16. The summed E-state index contributed by atoms with van der Waals surface area (Å²) in [4.78, 5) is 28.9. The van der Waals surface area contributed by atoms with Crippen LogP contribution in [0.1, 0.15) is 57.4 Å². The predicted octanol–water partition coefficient (Wildman–Crippen LogP) is 3.75. The summed E-state index contributed by atoms with van der Waals surface area (Å²) < 4.78 is 34.3. The maximum Gasteiger partial charge on any atom is 0.410 e. The topological polar surface area (TPSA) is 95.4 Å². The third kappa shape index (κ3) is 10.00. The Kier molecular flexibility index (Phi) is 11.0. The van der Waals surface area contributed by atoms with Crippen molar-refractivity contribution >= 4 is 24.0 Å². The van der Waals surface area contributed by atoms with Crippen molar-refractivity contribution in [3.05, 3.63) is 34.5 Å². The van der Waals surface area contributed by atoms with Crippen molar-refractivity contribution in [1.29, 1.82) is 5.26 Å². The molecule has 0 fully saturated rings. The number of nitrogens with one attached hydrogen (secondary N) is 1. The number of ketones is 1. The molecule has 1 aromatic rings. The van der Waals surface area contributed by atoms with E-state index in [1.165, 1.54) is 17.0 Å². The first-order chi connectivity index (χ1) is 15.4. The average Bonchev–Trinajstić information content (AvgIpc) is 3.13. The molecule has 33 heavy (non-hydrogen) atoms. The van der Waals surface area contributed by atoms with E-state index in [2.05, 4.69) is 16.3 Å². The molecule has 0 aliphatic heterocycles. The van der Waals surface area contributed by atoms with Gasteiger partial charge in [0.05, 0.1) is 17.9 Å². The molecule has 9 heteroatoms. The molecule has 0 saturated carbocycles. The van der Waals surface area contributed by atoms with Gasteiger partial charge in [-0.3, -0.25) is 4.79 Å². The maximum absolute atomic E-state index is 12.3. The number of hydrogen-bond donors (Lipinski definition) is 1. The van der Waals surface area contributed by atoms with Crippen molar-refractivity contribution in [2.45, 2.75) is 59.2 Å². The Bertz CT molecular complexity index is 987. The van der Waals surface area contributed by atoms with Gasteiger partial charge in [0.15, 0.2) is 0 Å². The van der Waals surface area contributed by atoms with E-state index in [4.69, 9.17) is 10.00 Å². The third-order valence-electron chi connectivity index (χ3n) is 4.87. The van der Waals surface area contributed by atoms with Crippen LogP contribution in [0.3, 0.4) is 0 Å². The lowest BCUT2D eigenvalue weighted by Crippen LogP contribution is -2.35. The second-order valence-electron chi connectivity index (χ2n) is 8.67. The number of aromatic amines is 1. The number of alkyl halides is 2. The average molecular weight is 466 g/mol. The van der Waals surface area contributed by atoms with Crippen molar-refractivity contribution in [1.82, 2.24) is 9.88 Å². The molecule has 0 radical (unpaired) electrons. The SMILES string of the molecule is C=C(C#N)C(=O)c1cc(=C/COC(F)F)/c(=C\CC(CC)CCN(C)C(=O)OC(C)(C)C)[nH]1. The molecule has 1 unspecified atom stereocenters. The number of amides is 1. The first kappa shape index (κ1) is 28.0. The van der Waals surface area contributed by atoms with Gasteiger partial charge in [-0.2, -0.15) is 14.0 Å². The summed E-state index contributed by atoms with van der Waals surface area (Å²) in [6.45, 7) is 8.17. The van der Waals surface area contributed by atoms with Gasteiger partial charge in [0.2, 0.25) is 5.78 Å². The van der Waals surface area contributed by atoms with E-state index in [0.717, 1.165) is 12.8 Å². The molecule has 1 rings (SSSR count). The number of halogens is 2. The van der Waals surface area contributed by atoms with E-state index in [1.807, 2.05) is 33.8 Å². The van der Waals surface area contributed by atoms with Gasteiger partial charge < -0.3 is 19.4 Å². The van der Waals surface area contributed by atoms with Crippen LogP contribution in [0, 0.1) is 17.2 Å². The fraction of sp³-hybridized carbons (Fsp3) is 0.542. The van der Waals surface area contributed by atoms with Crippen molar-refractivity contribution in [2.75, 3.05) is 20.2 Å². The zero-order valence-corrected chi connectivity index (χ0v) is 19.9. The molecule has 0 saturated heterocycles. The number of carbonyl (C=O) groups is 2. The molecular weight excluding hydrogens is 432 g/mol. The number of Topliss-reactive ketones (excluding diaryl/α,β-unsaturated/α-hetero) is 1. The van der Waals surface area contributed by atoms with Crippen molar-refractivity contribution in [2.24, 2.45) is 5.92 Å². The first-order valence-electron chi connectivity index (χ1n) is 10.7. The maximum atomic E-state index is 12.3. The van der Waals surface area contributed by atoms with Gasteiger partial charge in [0.1, 0.15) is 11.7 Å². The fourth-order valence-electron chi connectivity index (χ4n) is 2.95. The van der Waals surface area contributed by atoms with Crippen LogP contribution in [0.25, 0.3) is 12.2 Å². The third-order valence-corrected chi connectivity index (χ3v) is 4.87. The van der Waals surface area contributed by atoms with E-state index in [-0.39, 0.29) is 29.9 Å². The summed E-state index contributed by atoms with van der Waals surface area (Å²) in [5.41, 5.74) is -0.646. The molecule has 7 nitrogen and oxygen atoms in total. The van der Waals surface area contributed by atoms with Gasteiger partial charge in [-0.05, 0) is 56.9 Å². The monoisotopic (exact) mass is 465 g/mol. The molecule has 1 atom stereocenters. The Morgan fingerprint density at radius 1 is 1.33 bits per heavy atom. The number of allylic oxidation sites excluding steroid dienone is 1. The van der Waals surface area contributed by atoms with Crippen LogP contribution in [-0.2, 0) is 9.47 Å². The minimum absolute atomic E-state index is 0.147. The lowest BCUT2D eigenvalue weighted by molar-refractivity contribution is -0.116. The summed E-state index contributed by atoms with van der Waals surface area (Å²) >= 11 is 0. The minimum Gasteiger partial charge on any atom is -0.444 e. The lowest BCUT2D eigenvalue weighted by Gasteiger charge is -2.25. The molecule has 1 aromatic heterocycles. The van der Waals surface area contributed by atoms with Gasteiger partial charge in [-0.25, -0.2) is 4.79 Å². The lowest BCUT2D eigenvalue weighted by atomic mass is 9.98. The van der Waals surface area contributed by atoms with Gasteiger partial charge in [-0.1, -0.05) is 26.0 Å². The fourth-order valence-corrected chi connectivity index (χ4v) is 2.95. The molecule has 0 aromatic carbocycles. The number of ether oxygens (including phenoxy) is 2. The number of aromatic nitrogens is 1. The second kappa shape index (κ2) is 12.9.